The lowest BCUT2D eigenvalue weighted by Crippen LogP contribution is -2.42. The van der Waals surface area contributed by atoms with Crippen molar-refractivity contribution in [2.45, 2.75) is 37.0 Å². The Balaban J connectivity index is 1.38. The minimum atomic E-state index is -4.22. The minimum Gasteiger partial charge on any atom is -0.492 e. The summed E-state index contributed by atoms with van der Waals surface area (Å²) in [5.41, 5.74) is 1.92. The summed E-state index contributed by atoms with van der Waals surface area (Å²) in [6, 6.07) is 6.80. The van der Waals surface area contributed by atoms with Gasteiger partial charge >= 0.3 is 5.97 Å². The van der Waals surface area contributed by atoms with Crippen LogP contribution in [0.5, 0.6) is 5.75 Å². The zero-order chi connectivity index (χ0) is 24.5. The predicted molar refractivity (Wildman–Crippen MR) is 129 cm³/mol. The van der Waals surface area contributed by atoms with Gasteiger partial charge in [0, 0.05) is 12.0 Å². The predicted octanol–water partition coefficient (Wildman–Crippen LogP) is 4.32. The van der Waals surface area contributed by atoms with Gasteiger partial charge in [0.25, 0.3) is 10.0 Å². The van der Waals surface area contributed by atoms with Crippen molar-refractivity contribution in [3.05, 3.63) is 58.4 Å². The van der Waals surface area contributed by atoms with Gasteiger partial charge in [0.1, 0.15) is 17.1 Å². The quantitative estimate of drug-likeness (QED) is 0.638. The monoisotopic (exact) mass is 498 g/mol. The van der Waals surface area contributed by atoms with Crippen molar-refractivity contribution >= 4 is 27.8 Å². The molecular weight excluding hydrogens is 471 g/mol. The molecule has 3 saturated heterocycles. The number of nitrogens with zero attached hydrogens (tertiary/aromatic N) is 1. The maximum absolute atomic E-state index is 14.2. The Labute approximate surface area is 203 Å². The number of carboxylic acid groups (broad SMARTS) is 1. The molecule has 5 aliphatic rings. The van der Waals surface area contributed by atoms with Gasteiger partial charge in [-0.25, -0.2) is 17.6 Å². The van der Waals surface area contributed by atoms with Crippen LogP contribution >= 0.6 is 0 Å². The van der Waals surface area contributed by atoms with Crippen LogP contribution in [0.2, 0.25) is 0 Å². The van der Waals surface area contributed by atoms with Crippen LogP contribution < -0.4 is 9.46 Å². The lowest BCUT2D eigenvalue weighted by molar-refractivity contribution is 0.0690. The number of anilines is 1. The normalized spacial score (nSPS) is 29.8. The van der Waals surface area contributed by atoms with E-state index in [2.05, 4.69) is 16.5 Å². The molecule has 35 heavy (non-hydrogen) atoms. The molecule has 4 aliphatic heterocycles. The molecule has 2 aromatic carbocycles. The molecule has 184 valence electrons. The molecule has 1 aliphatic carbocycles. The number of benzene rings is 2. The third-order valence-corrected chi connectivity index (χ3v) is 9.48. The summed E-state index contributed by atoms with van der Waals surface area (Å²) in [6.07, 6.45) is 4.73. The summed E-state index contributed by atoms with van der Waals surface area (Å²) in [7, 11) is -4.22. The molecule has 0 aromatic heterocycles. The molecule has 0 amide bonds. The number of ether oxygens (including phenoxy) is 1. The Morgan fingerprint density at radius 1 is 1.26 bits per heavy atom. The summed E-state index contributed by atoms with van der Waals surface area (Å²) in [5, 5.41) is 9.94. The Bertz CT molecular complexity index is 1380. The average Bonchev–Trinajstić information content (AvgIpc) is 3.51. The number of sulfonamides is 1. The van der Waals surface area contributed by atoms with Crippen molar-refractivity contribution in [2.75, 3.05) is 31.0 Å². The standard InChI is InChI=1S/C26H27FN2O5S/c1-26-12-20(26)19-3-4-21(23(25(30)31)24(19)34-14-26)28-35(32,33)22-5-2-18(27)11-16(22)10-17-13-29-8-6-15(17)7-9-29/h2-5,10-11,15,20,28H,6-9,12-14H2,1H3,(H,30,31)/b17-10-/t20-,26+/m1/s1. The largest absolute Gasteiger partial charge is 0.492 e. The van der Waals surface area contributed by atoms with E-state index < -0.39 is 21.8 Å². The van der Waals surface area contributed by atoms with Gasteiger partial charge in [-0.05, 0) is 79.6 Å². The van der Waals surface area contributed by atoms with E-state index in [1.54, 1.807) is 12.1 Å². The Morgan fingerprint density at radius 2 is 2.03 bits per heavy atom. The van der Waals surface area contributed by atoms with E-state index >= 15 is 0 Å². The highest BCUT2D eigenvalue weighted by Gasteiger charge is 2.55. The third kappa shape index (κ3) is 3.81. The van der Waals surface area contributed by atoms with Gasteiger partial charge in [-0.3, -0.25) is 9.62 Å². The van der Waals surface area contributed by atoms with Crippen molar-refractivity contribution in [1.29, 1.82) is 0 Å². The van der Waals surface area contributed by atoms with Crippen LogP contribution in [-0.4, -0.2) is 50.6 Å². The van der Waals surface area contributed by atoms with Gasteiger partial charge < -0.3 is 9.84 Å². The molecule has 9 heteroatoms. The highest BCUT2D eigenvalue weighted by Crippen LogP contribution is 2.64. The molecule has 0 spiro atoms. The Kier molecular flexibility index (Phi) is 5.02. The maximum Gasteiger partial charge on any atom is 0.341 e. The second-order valence-electron chi connectivity index (χ2n) is 10.5. The van der Waals surface area contributed by atoms with E-state index in [9.17, 15) is 22.7 Å². The molecule has 4 fully saturated rings. The van der Waals surface area contributed by atoms with Crippen LogP contribution in [0, 0.1) is 17.2 Å². The number of halogens is 1. The van der Waals surface area contributed by atoms with Gasteiger partial charge in [0.2, 0.25) is 0 Å². The summed E-state index contributed by atoms with van der Waals surface area (Å²) in [6.45, 7) is 5.29. The number of fused-ring (bicyclic) bond motifs is 6. The van der Waals surface area contributed by atoms with E-state index in [1.807, 2.05) is 0 Å². The Hall–Kier alpha value is -2.91. The summed E-state index contributed by atoms with van der Waals surface area (Å²) in [5.74, 6) is -0.981. The highest BCUT2D eigenvalue weighted by atomic mass is 32.2. The van der Waals surface area contributed by atoms with Crippen LogP contribution in [0.1, 0.15) is 53.6 Å². The fourth-order valence-electron chi connectivity index (χ4n) is 5.90. The van der Waals surface area contributed by atoms with E-state index in [-0.39, 0.29) is 38.8 Å². The number of hydrogen-bond donors (Lipinski definition) is 2. The van der Waals surface area contributed by atoms with Crippen LogP contribution in [0.3, 0.4) is 0 Å². The topological polar surface area (TPSA) is 95.9 Å². The van der Waals surface area contributed by atoms with E-state index in [4.69, 9.17) is 4.74 Å². The van der Waals surface area contributed by atoms with Crippen LogP contribution in [0.4, 0.5) is 10.1 Å². The highest BCUT2D eigenvalue weighted by molar-refractivity contribution is 7.92. The lowest BCUT2D eigenvalue weighted by atomic mass is 9.83. The average molecular weight is 499 g/mol. The SMILES string of the molecule is C[C@]12COc3c(ccc(NS(=O)(=O)c4ccc(F)cc4/C=C4/CN5CCC4CC5)c3C(=O)O)[C@H]1C2. The van der Waals surface area contributed by atoms with Crippen molar-refractivity contribution in [1.82, 2.24) is 4.90 Å². The molecule has 4 heterocycles. The molecule has 0 radical (unpaired) electrons. The fraction of sp³-hybridized carbons (Fsp3) is 0.423. The number of piperidine rings is 3. The molecule has 7 nitrogen and oxygen atoms in total. The molecule has 2 atom stereocenters. The summed E-state index contributed by atoms with van der Waals surface area (Å²) in [4.78, 5) is 14.4. The second-order valence-corrected chi connectivity index (χ2v) is 12.1. The van der Waals surface area contributed by atoms with Crippen molar-refractivity contribution in [3.63, 3.8) is 0 Å². The first-order valence-electron chi connectivity index (χ1n) is 11.9. The Morgan fingerprint density at radius 3 is 2.71 bits per heavy atom. The zero-order valence-corrected chi connectivity index (χ0v) is 20.2. The van der Waals surface area contributed by atoms with Crippen LogP contribution in [0.25, 0.3) is 6.08 Å². The number of aromatic carboxylic acids is 1. The van der Waals surface area contributed by atoms with Gasteiger partial charge in [0.05, 0.1) is 17.2 Å². The number of hydrogen-bond acceptors (Lipinski definition) is 5. The summed E-state index contributed by atoms with van der Waals surface area (Å²) < 4.78 is 49.5. The van der Waals surface area contributed by atoms with Gasteiger partial charge in [-0.2, -0.15) is 0 Å². The first-order valence-corrected chi connectivity index (χ1v) is 13.4. The first kappa shape index (κ1) is 22.5. The fourth-order valence-corrected chi connectivity index (χ4v) is 7.15. The molecule has 7 rings (SSSR count). The van der Waals surface area contributed by atoms with E-state index in [1.165, 1.54) is 18.2 Å². The molecule has 2 aromatic rings. The molecule has 0 unspecified atom stereocenters. The lowest BCUT2D eigenvalue weighted by Gasteiger charge is -2.41. The van der Waals surface area contributed by atoms with Gasteiger partial charge in [-0.1, -0.05) is 24.6 Å². The van der Waals surface area contributed by atoms with E-state index in [0.717, 1.165) is 56.1 Å². The molecule has 1 saturated carbocycles. The number of nitrogens with one attached hydrogen (secondary N) is 1. The van der Waals surface area contributed by atoms with Crippen molar-refractivity contribution in [2.24, 2.45) is 11.3 Å². The van der Waals surface area contributed by atoms with Crippen LogP contribution in [-0.2, 0) is 10.0 Å². The minimum absolute atomic E-state index is 0.00937. The van der Waals surface area contributed by atoms with Gasteiger partial charge in [0.15, 0.2) is 0 Å². The number of carboxylic acids is 1. The molecule has 2 bridgehead atoms. The number of rotatable bonds is 5. The van der Waals surface area contributed by atoms with Gasteiger partial charge in [-0.15, -0.1) is 0 Å². The zero-order valence-electron chi connectivity index (χ0n) is 19.4. The van der Waals surface area contributed by atoms with Crippen molar-refractivity contribution < 1.29 is 27.4 Å². The summed E-state index contributed by atoms with van der Waals surface area (Å²) >= 11 is 0. The third-order valence-electron chi connectivity index (χ3n) is 8.04. The van der Waals surface area contributed by atoms with E-state index in [0.29, 0.717) is 12.5 Å². The molecule has 2 N–H and O–H groups in total. The first-order chi connectivity index (χ1) is 16.6. The maximum atomic E-state index is 14.2. The number of carbonyl (C=O) groups is 1. The second kappa shape index (κ2) is 7.80. The van der Waals surface area contributed by atoms with Crippen LogP contribution in [0.15, 0.2) is 40.8 Å². The molecular formula is C26H27FN2O5S. The smallest absolute Gasteiger partial charge is 0.341 e. The van der Waals surface area contributed by atoms with Crippen molar-refractivity contribution in [3.8, 4) is 5.75 Å².